The van der Waals surface area contributed by atoms with Gasteiger partial charge in [0.25, 0.3) is 5.91 Å². The first-order chi connectivity index (χ1) is 9.83. The summed E-state index contributed by atoms with van der Waals surface area (Å²) in [6, 6.07) is 15.2. The van der Waals surface area contributed by atoms with Crippen LogP contribution in [-0.2, 0) is 0 Å². The molecule has 0 fully saturated rings. The molecule has 1 atom stereocenters. The van der Waals surface area contributed by atoms with Crippen LogP contribution < -0.4 is 10.1 Å². The summed E-state index contributed by atoms with van der Waals surface area (Å²) in [5.74, 6) is 0.508. The van der Waals surface area contributed by atoms with Crippen molar-refractivity contribution in [3.8, 4) is 5.75 Å². The van der Waals surface area contributed by atoms with E-state index in [0.717, 1.165) is 16.5 Å². The quantitative estimate of drug-likeness (QED) is 0.710. The van der Waals surface area contributed by atoms with Gasteiger partial charge in [0.1, 0.15) is 5.75 Å². The van der Waals surface area contributed by atoms with Gasteiger partial charge < -0.3 is 15.0 Å². The highest BCUT2D eigenvalue weighted by Gasteiger charge is 2.27. The number of hydrogen-bond donors (Lipinski definition) is 2. The minimum absolute atomic E-state index is 0.109. The van der Waals surface area contributed by atoms with Crippen molar-refractivity contribution in [1.29, 1.82) is 0 Å². The zero-order valence-electron chi connectivity index (χ0n) is 10.6. The van der Waals surface area contributed by atoms with Gasteiger partial charge in [-0.3, -0.25) is 4.79 Å². The second kappa shape index (κ2) is 4.13. The topological polar surface area (TPSA) is 54.1 Å². The molecule has 2 heterocycles. The number of H-pyrrole nitrogens is 1. The largest absolute Gasteiger partial charge is 0.465 e. The summed E-state index contributed by atoms with van der Waals surface area (Å²) in [4.78, 5) is 15.3. The minimum atomic E-state index is -0.464. The van der Waals surface area contributed by atoms with Crippen molar-refractivity contribution in [3.05, 3.63) is 65.9 Å². The number of carbonyl (C=O) groups excluding carboxylic acids is 1. The third-order valence-corrected chi connectivity index (χ3v) is 3.54. The number of nitrogens with one attached hydrogen (secondary N) is 2. The molecule has 0 bridgehead atoms. The van der Waals surface area contributed by atoms with Crippen LogP contribution in [0.5, 0.6) is 5.75 Å². The number of aromatic nitrogens is 1. The number of rotatable bonds is 1. The normalized spacial score (nSPS) is 17.4. The average molecular weight is 264 g/mol. The number of carbonyl (C=O) groups is 1. The van der Waals surface area contributed by atoms with Crippen LogP contribution in [0.2, 0.25) is 0 Å². The van der Waals surface area contributed by atoms with Gasteiger partial charge in [-0.2, -0.15) is 0 Å². The SMILES string of the molecule is O=C1NC(c2c[nH]c3ccccc23)Oc2ccccc21. The first-order valence-corrected chi connectivity index (χ1v) is 6.45. The van der Waals surface area contributed by atoms with Crippen LogP contribution in [0.15, 0.2) is 54.7 Å². The zero-order chi connectivity index (χ0) is 13.5. The van der Waals surface area contributed by atoms with Crippen LogP contribution in [0, 0.1) is 0 Å². The summed E-state index contributed by atoms with van der Waals surface area (Å²) < 4.78 is 5.90. The molecule has 4 nitrogen and oxygen atoms in total. The van der Waals surface area contributed by atoms with Crippen LogP contribution >= 0.6 is 0 Å². The smallest absolute Gasteiger partial charge is 0.258 e. The Balaban J connectivity index is 1.80. The molecule has 4 rings (SSSR count). The van der Waals surface area contributed by atoms with Crippen LogP contribution in [0.4, 0.5) is 0 Å². The molecule has 1 aliphatic heterocycles. The Morgan fingerprint density at radius 1 is 1.00 bits per heavy atom. The molecule has 0 saturated heterocycles. The molecule has 20 heavy (non-hydrogen) atoms. The van der Waals surface area contributed by atoms with Gasteiger partial charge in [-0.1, -0.05) is 30.3 Å². The van der Waals surface area contributed by atoms with Crippen molar-refractivity contribution in [2.24, 2.45) is 0 Å². The van der Waals surface area contributed by atoms with Gasteiger partial charge in [0, 0.05) is 22.7 Å². The molecular weight excluding hydrogens is 252 g/mol. The van der Waals surface area contributed by atoms with Crippen LogP contribution in [-0.4, -0.2) is 10.9 Å². The molecule has 2 N–H and O–H groups in total. The summed E-state index contributed by atoms with van der Waals surface area (Å²) >= 11 is 0. The van der Waals surface area contributed by atoms with Gasteiger partial charge in [-0.15, -0.1) is 0 Å². The lowest BCUT2D eigenvalue weighted by atomic mass is 10.1. The standard InChI is InChI=1S/C16H12N2O2/c19-15-11-6-2-4-8-14(11)20-16(18-15)12-9-17-13-7-3-1-5-10(12)13/h1-9,16-17H,(H,18,19). The van der Waals surface area contributed by atoms with E-state index in [1.54, 1.807) is 6.07 Å². The Labute approximate surface area is 115 Å². The van der Waals surface area contributed by atoms with Gasteiger partial charge >= 0.3 is 0 Å². The molecule has 1 aliphatic rings. The van der Waals surface area contributed by atoms with Crippen LogP contribution in [0.25, 0.3) is 10.9 Å². The maximum absolute atomic E-state index is 12.1. The Bertz CT molecular complexity index is 807. The van der Waals surface area contributed by atoms with Crippen molar-refractivity contribution in [1.82, 2.24) is 10.3 Å². The summed E-state index contributed by atoms with van der Waals surface area (Å²) in [6.07, 6.45) is 1.41. The highest BCUT2D eigenvalue weighted by molar-refractivity contribution is 5.98. The summed E-state index contributed by atoms with van der Waals surface area (Å²) in [7, 11) is 0. The Morgan fingerprint density at radius 3 is 2.75 bits per heavy atom. The molecule has 1 unspecified atom stereocenters. The molecule has 1 amide bonds. The van der Waals surface area contributed by atoms with Crippen LogP contribution in [0.3, 0.4) is 0 Å². The average Bonchev–Trinajstić information content (AvgIpc) is 2.91. The molecular formula is C16H12N2O2. The van der Waals surface area contributed by atoms with Crippen molar-refractivity contribution >= 4 is 16.8 Å². The Morgan fingerprint density at radius 2 is 1.80 bits per heavy atom. The summed E-state index contributed by atoms with van der Waals surface area (Å²) in [5.41, 5.74) is 2.53. The fourth-order valence-corrected chi connectivity index (χ4v) is 2.56. The van der Waals surface area contributed by atoms with E-state index in [-0.39, 0.29) is 5.91 Å². The number of benzene rings is 2. The predicted octanol–water partition coefficient (Wildman–Crippen LogP) is 2.99. The maximum atomic E-state index is 12.1. The van der Waals surface area contributed by atoms with Crippen molar-refractivity contribution in [2.45, 2.75) is 6.23 Å². The van der Waals surface area contributed by atoms with E-state index < -0.39 is 6.23 Å². The number of fused-ring (bicyclic) bond motifs is 2. The molecule has 0 radical (unpaired) electrons. The van der Waals surface area contributed by atoms with Crippen molar-refractivity contribution in [3.63, 3.8) is 0 Å². The highest BCUT2D eigenvalue weighted by Crippen LogP contribution is 2.31. The van der Waals surface area contributed by atoms with E-state index in [1.807, 2.05) is 48.7 Å². The first-order valence-electron chi connectivity index (χ1n) is 6.45. The zero-order valence-corrected chi connectivity index (χ0v) is 10.6. The molecule has 98 valence electrons. The Kier molecular flexibility index (Phi) is 2.29. The number of hydrogen-bond acceptors (Lipinski definition) is 2. The van der Waals surface area contributed by atoms with Crippen molar-refractivity contribution in [2.75, 3.05) is 0 Å². The molecule has 2 aromatic carbocycles. The third kappa shape index (κ3) is 1.58. The van der Waals surface area contributed by atoms with E-state index in [1.165, 1.54) is 0 Å². The second-order valence-electron chi connectivity index (χ2n) is 4.76. The fraction of sp³-hybridized carbons (Fsp3) is 0.0625. The van der Waals surface area contributed by atoms with E-state index in [0.29, 0.717) is 11.3 Å². The summed E-state index contributed by atoms with van der Waals surface area (Å²) in [6.45, 7) is 0. The number of aromatic amines is 1. The Hall–Kier alpha value is -2.75. The first kappa shape index (κ1) is 11.1. The van der Waals surface area contributed by atoms with Crippen molar-refractivity contribution < 1.29 is 9.53 Å². The van der Waals surface area contributed by atoms with E-state index in [9.17, 15) is 4.79 Å². The van der Waals surface area contributed by atoms with Gasteiger partial charge in [0.15, 0.2) is 0 Å². The van der Waals surface area contributed by atoms with Gasteiger partial charge in [0.2, 0.25) is 6.23 Å². The number of amides is 1. The van der Waals surface area contributed by atoms with Crippen LogP contribution in [0.1, 0.15) is 22.1 Å². The maximum Gasteiger partial charge on any atom is 0.258 e. The van der Waals surface area contributed by atoms with E-state index >= 15 is 0 Å². The lowest BCUT2D eigenvalue weighted by Crippen LogP contribution is -2.36. The van der Waals surface area contributed by atoms with Gasteiger partial charge in [0.05, 0.1) is 5.56 Å². The number of ether oxygens (including phenoxy) is 1. The third-order valence-electron chi connectivity index (χ3n) is 3.54. The van der Waals surface area contributed by atoms with Gasteiger partial charge in [-0.25, -0.2) is 0 Å². The molecule has 3 aromatic rings. The molecule has 4 heteroatoms. The second-order valence-corrected chi connectivity index (χ2v) is 4.76. The fourth-order valence-electron chi connectivity index (χ4n) is 2.56. The van der Waals surface area contributed by atoms with Gasteiger partial charge in [-0.05, 0) is 18.2 Å². The molecule has 1 aromatic heterocycles. The molecule has 0 saturated carbocycles. The lowest BCUT2D eigenvalue weighted by molar-refractivity contribution is 0.0759. The molecule has 0 spiro atoms. The van der Waals surface area contributed by atoms with E-state index in [2.05, 4.69) is 10.3 Å². The predicted molar refractivity (Wildman–Crippen MR) is 75.6 cm³/mol. The van der Waals surface area contributed by atoms with E-state index in [4.69, 9.17) is 4.74 Å². The minimum Gasteiger partial charge on any atom is -0.465 e. The summed E-state index contributed by atoms with van der Waals surface area (Å²) in [5, 5.41) is 3.94. The monoisotopic (exact) mass is 264 g/mol. The number of para-hydroxylation sites is 2. The lowest BCUT2D eigenvalue weighted by Gasteiger charge is -2.26. The highest BCUT2D eigenvalue weighted by atomic mass is 16.5. The molecule has 0 aliphatic carbocycles.